The predicted molar refractivity (Wildman–Crippen MR) is 75.7 cm³/mol. The maximum atomic E-state index is 13.4. The van der Waals surface area contributed by atoms with Crippen LogP contribution in [0.5, 0.6) is 0 Å². The molecule has 21 heavy (non-hydrogen) atoms. The van der Waals surface area contributed by atoms with E-state index in [9.17, 15) is 12.8 Å². The van der Waals surface area contributed by atoms with Gasteiger partial charge in [-0.25, -0.2) is 17.8 Å². The first-order valence-electron chi connectivity index (χ1n) is 6.66. The van der Waals surface area contributed by atoms with Gasteiger partial charge in [0.2, 0.25) is 10.0 Å². The number of sulfonamides is 1. The van der Waals surface area contributed by atoms with Crippen molar-refractivity contribution in [2.45, 2.75) is 31.8 Å². The fraction of sp³-hybridized carbons (Fsp3) is 0.357. The van der Waals surface area contributed by atoms with Gasteiger partial charge in [0.05, 0.1) is 11.4 Å². The van der Waals surface area contributed by atoms with Crippen molar-refractivity contribution in [3.05, 3.63) is 47.3 Å². The quantitative estimate of drug-likeness (QED) is 0.850. The molecule has 2 aromatic rings. The first kappa shape index (κ1) is 14.2. The number of aryl methyl sites for hydroxylation is 2. The molecule has 1 aliphatic heterocycles. The van der Waals surface area contributed by atoms with Crippen LogP contribution in [-0.2, 0) is 23.1 Å². The Labute approximate surface area is 123 Å². The van der Waals surface area contributed by atoms with Crippen molar-refractivity contribution in [3.63, 3.8) is 0 Å². The highest BCUT2D eigenvalue weighted by Crippen LogP contribution is 2.27. The highest BCUT2D eigenvalue weighted by molar-refractivity contribution is 7.89. The summed E-state index contributed by atoms with van der Waals surface area (Å²) in [7, 11) is -3.65. The summed E-state index contributed by atoms with van der Waals surface area (Å²) in [5.74, 6) is 0.306. The molecule has 1 aromatic carbocycles. The summed E-state index contributed by atoms with van der Waals surface area (Å²) >= 11 is 0. The number of imidazole rings is 1. The number of hydrogen-bond donors (Lipinski definition) is 0. The smallest absolute Gasteiger partial charge is 0.244 e. The fourth-order valence-corrected chi connectivity index (χ4v) is 4.59. The van der Waals surface area contributed by atoms with Gasteiger partial charge >= 0.3 is 0 Å². The second-order valence-electron chi connectivity index (χ2n) is 5.24. The van der Waals surface area contributed by atoms with Crippen LogP contribution in [0.4, 0.5) is 4.39 Å². The first-order valence-corrected chi connectivity index (χ1v) is 8.10. The van der Waals surface area contributed by atoms with Gasteiger partial charge in [-0.05, 0) is 37.1 Å². The van der Waals surface area contributed by atoms with Gasteiger partial charge in [0.25, 0.3) is 0 Å². The molecule has 2 heterocycles. The largest absolute Gasteiger partial charge is 0.333 e. The molecule has 3 rings (SSSR count). The van der Waals surface area contributed by atoms with E-state index in [4.69, 9.17) is 0 Å². The highest BCUT2D eigenvalue weighted by Gasteiger charge is 2.31. The van der Waals surface area contributed by atoms with Crippen LogP contribution in [-0.4, -0.2) is 28.8 Å². The Morgan fingerprint density at radius 1 is 1.19 bits per heavy atom. The summed E-state index contributed by atoms with van der Waals surface area (Å²) in [6.07, 6.45) is 3.51. The number of benzene rings is 1. The molecule has 0 saturated carbocycles. The van der Waals surface area contributed by atoms with Crippen molar-refractivity contribution in [3.8, 4) is 0 Å². The van der Waals surface area contributed by atoms with Gasteiger partial charge in [-0.3, -0.25) is 0 Å². The monoisotopic (exact) mass is 309 g/mol. The fourth-order valence-electron chi connectivity index (χ4n) is 2.79. The molecular formula is C14H16FN3O2S. The van der Waals surface area contributed by atoms with E-state index in [0.717, 1.165) is 5.82 Å². The van der Waals surface area contributed by atoms with Gasteiger partial charge in [0.1, 0.15) is 11.6 Å². The van der Waals surface area contributed by atoms with Crippen molar-refractivity contribution in [2.75, 3.05) is 6.54 Å². The zero-order chi connectivity index (χ0) is 15.2. The Bertz CT molecular complexity index is 775. The van der Waals surface area contributed by atoms with Crippen LogP contribution in [0.25, 0.3) is 0 Å². The van der Waals surface area contributed by atoms with Crippen LogP contribution in [0.3, 0.4) is 0 Å². The Morgan fingerprint density at radius 3 is 2.52 bits per heavy atom. The van der Waals surface area contributed by atoms with Crippen LogP contribution in [0.15, 0.2) is 29.4 Å². The SMILES string of the molecule is Cc1cc(F)cc(C)c1S(=O)(=O)N1CCn2ccnc2C1. The second kappa shape index (κ2) is 4.92. The summed E-state index contributed by atoms with van der Waals surface area (Å²) in [6.45, 7) is 4.45. The van der Waals surface area contributed by atoms with Gasteiger partial charge in [0, 0.05) is 25.5 Å². The lowest BCUT2D eigenvalue weighted by Gasteiger charge is -2.28. The van der Waals surface area contributed by atoms with Crippen LogP contribution >= 0.6 is 0 Å². The van der Waals surface area contributed by atoms with Crippen LogP contribution in [0, 0.1) is 19.7 Å². The Balaban J connectivity index is 2.03. The van der Waals surface area contributed by atoms with Gasteiger partial charge < -0.3 is 4.57 Å². The Kier molecular flexibility index (Phi) is 3.33. The minimum absolute atomic E-state index is 0.198. The molecule has 1 aliphatic rings. The summed E-state index contributed by atoms with van der Waals surface area (Å²) in [6, 6.07) is 2.51. The number of nitrogens with zero attached hydrogens (tertiary/aromatic N) is 3. The third-order valence-electron chi connectivity index (χ3n) is 3.73. The zero-order valence-electron chi connectivity index (χ0n) is 11.9. The van der Waals surface area contributed by atoms with E-state index in [0.29, 0.717) is 24.2 Å². The van der Waals surface area contributed by atoms with E-state index in [1.807, 2.05) is 10.8 Å². The van der Waals surface area contributed by atoms with E-state index in [-0.39, 0.29) is 11.4 Å². The zero-order valence-corrected chi connectivity index (χ0v) is 12.7. The molecule has 0 atom stereocenters. The second-order valence-corrected chi connectivity index (χ2v) is 7.12. The molecular weight excluding hydrogens is 293 g/mol. The van der Waals surface area contributed by atoms with Crippen LogP contribution in [0.1, 0.15) is 17.0 Å². The van der Waals surface area contributed by atoms with E-state index in [1.165, 1.54) is 16.4 Å². The Hall–Kier alpha value is -1.73. The van der Waals surface area contributed by atoms with Gasteiger partial charge in [-0.1, -0.05) is 0 Å². The first-order chi connectivity index (χ1) is 9.89. The summed E-state index contributed by atoms with van der Waals surface area (Å²) < 4.78 is 42.4. The standard InChI is InChI=1S/C14H16FN3O2S/c1-10-7-12(15)8-11(2)14(10)21(19,20)18-6-5-17-4-3-16-13(17)9-18/h3-4,7-8H,5-6,9H2,1-2H3. The molecule has 0 fully saturated rings. The van der Waals surface area contributed by atoms with E-state index in [1.54, 1.807) is 20.0 Å². The molecule has 0 amide bonds. The number of rotatable bonds is 2. The summed E-state index contributed by atoms with van der Waals surface area (Å²) in [5, 5.41) is 0. The lowest BCUT2D eigenvalue weighted by atomic mass is 10.1. The molecule has 0 spiro atoms. The number of aromatic nitrogens is 2. The van der Waals surface area contributed by atoms with Crippen molar-refractivity contribution in [2.24, 2.45) is 0 Å². The molecule has 5 nitrogen and oxygen atoms in total. The normalized spacial score (nSPS) is 16.0. The summed E-state index contributed by atoms with van der Waals surface area (Å²) in [5.41, 5.74) is 0.864. The minimum atomic E-state index is -3.65. The lowest BCUT2D eigenvalue weighted by molar-refractivity contribution is 0.335. The maximum Gasteiger partial charge on any atom is 0.244 e. The predicted octanol–water partition coefficient (Wildman–Crippen LogP) is 1.84. The molecule has 0 saturated heterocycles. The van der Waals surface area contributed by atoms with Crippen molar-refractivity contribution >= 4 is 10.0 Å². The molecule has 0 aliphatic carbocycles. The Morgan fingerprint density at radius 2 is 1.86 bits per heavy atom. The van der Waals surface area contributed by atoms with Gasteiger partial charge in [-0.2, -0.15) is 4.31 Å². The van der Waals surface area contributed by atoms with E-state index >= 15 is 0 Å². The molecule has 0 radical (unpaired) electrons. The number of halogens is 1. The van der Waals surface area contributed by atoms with E-state index < -0.39 is 15.8 Å². The number of fused-ring (bicyclic) bond motifs is 1. The van der Waals surface area contributed by atoms with Gasteiger partial charge in [0.15, 0.2) is 0 Å². The highest BCUT2D eigenvalue weighted by atomic mass is 32.2. The number of hydrogen-bond acceptors (Lipinski definition) is 3. The average molecular weight is 309 g/mol. The minimum Gasteiger partial charge on any atom is -0.333 e. The third kappa shape index (κ3) is 2.36. The lowest BCUT2D eigenvalue weighted by Crippen LogP contribution is -2.38. The van der Waals surface area contributed by atoms with Crippen molar-refractivity contribution in [1.82, 2.24) is 13.9 Å². The summed E-state index contributed by atoms with van der Waals surface area (Å²) in [4.78, 5) is 4.37. The maximum absolute atomic E-state index is 13.4. The molecule has 0 bridgehead atoms. The van der Waals surface area contributed by atoms with Crippen molar-refractivity contribution < 1.29 is 12.8 Å². The van der Waals surface area contributed by atoms with Crippen molar-refractivity contribution in [1.29, 1.82) is 0 Å². The van der Waals surface area contributed by atoms with E-state index in [2.05, 4.69) is 4.98 Å². The third-order valence-corrected chi connectivity index (χ3v) is 5.88. The van der Waals surface area contributed by atoms with Gasteiger partial charge in [-0.15, -0.1) is 0 Å². The van der Waals surface area contributed by atoms with Crippen LogP contribution in [0.2, 0.25) is 0 Å². The molecule has 0 unspecified atom stereocenters. The molecule has 0 N–H and O–H groups in total. The molecule has 7 heteroatoms. The topological polar surface area (TPSA) is 55.2 Å². The molecule has 1 aromatic heterocycles. The molecule has 112 valence electrons. The average Bonchev–Trinajstić information content (AvgIpc) is 2.83. The van der Waals surface area contributed by atoms with Crippen LogP contribution < -0.4 is 0 Å².